The number of nitrogens with zero attached hydrogens (tertiary/aromatic N) is 3. The minimum Gasteiger partial charge on any atom is -0.488 e. The van der Waals surface area contributed by atoms with Gasteiger partial charge in [-0.1, -0.05) is 40.2 Å². The summed E-state index contributed by atoms with van der Waals surface area (Å²) in [6, 6.07) is 18.0. The van der Waals surface area contributed by atoms with Crippen molar-refractivity contribution >= 4 is 38.7 Å². The first-order chi connectivity index (χ1) is 15.4. The van der Waals surface area contributed by atoms with Gasteiger partial charge in [-0.25, -0.2) is 4.79 Å². The fourth-order valence-electron chi connectivity index (χ4n) is 3.05. The lowest BCUT2D eigenvalue weighted by molar-refractivity contribution is -0.384. The Morgan fingerprint density at radius 3 is 2.72 bits per heavy atom. The van der Waals surface area contributed by atoms with Crippen LogP contribution in [-0.4, -0.2) is 20.8 Å². The number of aromatic amines is 1. The van der Waals surface area contributed by atoms with Crippen LogP contribution in [0.15, 0.2) is 85.9 Å². The van der Waals surface area contributed by atoms with E-state index in [4.69, 9.17) is 4.74 Å². The quantitative estimate of drug-likeness (QED) is 0.248. The molecule has 32 heavy (non-hydrogen) atoms. The smallest absolute Gasteiger partial charge is 0.349 e. The summed E-state index contributed by atoms with van der Waals surface area (Å²) >= 11 is 3.38. The fraction of sp³-hybridized carbons (Fsp3) is 0.0455. The number of nitro groups is 1. The lowest BCUT2D eigenvalue weighted by Crippen LogP contribution is -2.32. The minimum absolute atomic E-state index is 0.0291. The average molecular weight is 495 g/mol. The molecular formula is C22H15BrN4O5. The van der Waals surface area contributed by atoms with Crippen LogP contribution in [0, 0.1) is 10.1 Å². The number of nitrogens with one attached hydrogen (secondary N) is 1. The molecule has 0 amide bonds. The number of hydrogen-bond donors (Lipinski definition) is 1. The fourth-order valence-corrected chi connectivity index (χ4v) is 3.43. The molecule has 0 bridgehead atoms. The summed E-state index contributed by atoms with van der Waals surface area (Å²) in [6.07, 6.45) is 1.35. The Morgan fingerprint density at radius 1 is 1.09 bits per heavy atom. The average Bonchev–Trinajstić information content (AvgIpc) is 2.78. The molecule has 1 N–H and O–H groups in total. The molecule has 1 aromatic heterocycles. The molecule has 1 heterocycles. The van der Waals surface area contributed by atoms with Crippen molar-refractivity contribution in [1.29, 1.82) is 0 Å². The van der Waals surface area contributed by atoms with Crippen molar-refractivity contribution < 1.29 is 9.66 Å². The number of H-pyrrole nitrogens is 1. The monoisotopic (exact) mass is 494 g/mol. The van der Waals surface area contributed by atoms with Gasteiger partial charge in [0.25, 0.3) is 11.2 Å². The molecule has 9 nitrogen and oxygen atoms in total. The maximum absolute atomic E-state index is 12.7. The van der Waals surface area contributed by atoms with E-state index < -0.39 is 16.2 Å². The van der Waals surface area contributed by atoms with E-state index in [1.807, 2.05) is 0 Å². The zero-order valence-electron chi connectivity index (χ0n) is 16.4. The normalized spacial score (nSPS) is 11.2. The number of ether oxygens (including phenoxy) is 1. The number of fused-ring (bicyclic) bond motifs is 1. The molecule has 4 aromatic rings. The summed E-state index contributed by atoms with van der Waals surface area (Å²) in [7, 11) is 0. The number of nitro benzene ring substituents is 1. The Morgan fingerprint density at radius 2 is 1.91 bits per heavy atom. The number of aromatic nitrogens is 2. The number of rotatable bonds is 6. The Kier molecular flexibility index (Phi) is 5.95. The molecule has 0 unspecified atom stereocenters. The molecule has 160 valence electrons. The molecule has 3 aromatic carbocycles. The molecule has 0 fully saturated rings. The Bertz CT molecular complexity index is 1480. The third-order valence-electron chi connectivity index (χ3n) is 4.58. The predicted molar refractivity (Wildman–Crippen MR) is 123 cm³/mol. The number of halogens is 1. The van der Waals surface area contributed by atoms with Gasteiger partial charge in [0.2, 0.25) is 0 Å². The second-order valence-electron chi connectivity index (χ2n) is 6.74. The summed E-state index contributed by atoms with van der Waals surface area (Å²) in [6.45, 7) is 0.0840. The van der Waals surface area contributed by atoms with Crippen LogP contribution in [0.4, 0.5) is 5.69 Å². The molecule has 0 atom stereocenters. The third-order valence-corrected chi connectivity index (χ3v) is 5.08. The Hall–Kier alpha value is -4.05. The highest BCUT2D eigenvalue weighted by molar-refractivity contribution is 9.10. The number of para-hydroxylation sites is 1. The molecule has 0 aliphatic rings. The Balaban J connectivity index is 1.65. The van der Waals surface area contributed by atoms with Gasteiger partial charge in [0, 0.05) is 22.2 Å². The summed E-state index contributed by atoms with van der Waals surface area (Å²) in [5, 5.41) is 15.4. The van der Waals surface area contributed by atoms with Gasteiger partial charge >= 0.3 is 5.69 Å². The van der Waals surface area contributed by atoms with Crippen molar-refractivity contribution in [3.63, 3.8) is 0 Å². The number of non-ortho nitro benzene ring substituents is 1. The van der Waals surface area contributed by atoms with Crippen LogP contribution in [0.3, 0.4) is 0 Å². The van der Waals surface area contributed by atoms with Crippen LogP contribution in [0.25, 0.3) is 10.9 Å². The van der Waals surface area contributed by atoms with Crippen molar-refractivity contribution in [2.24, 2.45) is 5.10 Å². The molecule has 0 aliphatic heterocycles. The van der Waals surface area contributed by atoms with E-state index in [0.717, 1.165) is 9.15 Å². The van der Waals surface area contributed by atoms with Crippen LogP contribution < -0.4 is 16.0 Å². The maximum atomic E-state index is 12.7. The van der Waals surface area contributed by atoms with Crippen LogP contribution in [-0.2, 0) is 6.61 Å². The largest absolute Gasteiger partial charge is 0.488 e. The summed E-state index contributed by atoms with van der Waals surface area (Å²) in [4.78, 5) is 38.1. The van der Waals surface area contributed by atoms with E-state index >= 15 is 0 Å². The lowest BCUT2D eigenvalue weighted by atomic mass is 10.2. The first-order valence-corrected chi connectivity index (χ1v) is 10.2. The van der Waals surface area contributed by atoms with Crippen molar-refractivity contribution in [1.82, 2.24) is 9.66 Å². The van der Waals surface area contributed by atoms with Crippen molar-refractivity contribution in [3.05, 3.63) is 113 Å². The van der Waals surface area contributed by atoms with E-state index in [1.165, 1.54) is 18.3 Å². The zero-order chi connectivity index (χ0) is 22.7. The summed E-state index contributed by atoms with van der Waals surface area (Å²) in [5.41, 5.74) is 0.307. The van der Waals surface area contributed by atoms with E-state index in [-0.39, 0.29) is 12.3 Å². The summed E-state index contributed by atoms with van der Waals surface area (Å²) in [5.74, 6) is 0.425. The SMILES string of the molecule is O=c1[nH]c2ccccc2c(=O)n1N=Cc1cc(Br)ccc1OCc1cccc([N+](=O)[O-])c1. The van der Waals surface area contributed by atoms with Crippen molar-refractivity contribution in [2.75, 3.05) is 0 Å². The molecular weight excluding hydrogens is 480 g/mol. The molecule has 0 radical (unpaired) electrons. The first-order valence-electron chi connectivity index (χ1n) is 9.36. The highest BCUT2D eigenvalue weighted by Crippen LogP contribution is 2.23. The van der Waals surface area contributed by atoms with Gasteiger partial charge in [0.15, 0.2) is 0 Å². The molecule has 0 spiro atoms. The lowest BCUT2D eigenvalue weighted by Gasteiger charge is -2.10. The first kappa shape index (κ1) is 21.2. The topological polar surface area (TPSA) is 120 Å². The van der Waals surface area contributed by atoms with Crippen LogP contribution >= 0.6 is 15.9 Å². The highest BCUT2D eigenvalue weighted by atomic mass is 79.9. The molecule has 0 saturated carbocycles. The highest BCUT2D eigenvalue weighted by Gasteiger charge is 2.09. The van der Waals surface area contributed by atoms with Gasteiger partial charge in [-0.15, -0.1) is 4.68 Å². The van der Waals surface area contributed by atoms with Gasteiger partial charge in [-0.05, 0) is 35.9 Å². The van der Waals surface area contributed by atoms with Crippen molar-refractivity contribution in [3.8, 4) is 5.75 Å². The van der Waals surface area contributed by atoms with Gasteiger partial charge in [-0.2, -0.15) is 5.10 Å². The second kappa shape index (κ2) is 8.98. The number of hydrogen-bond acceptors (Lipinski definition) is 6. The van der Waals surface area contributed by atoms with Crippen molar-refractivity contribution in [2.45, 2.75) is 6.61 Å². The van der Waals surface area contributed by atoms with Gasteiger partial charge < -0.3 is 9.72 Å². The van der Waals surface area contributed by atoms with Crippen LogP contribution in [0.2, 0.25) is 0 Å². The second-order valence-corrected chi connectivity index (χ2v) is 7.65. The third kappa shape index (κ3) is 4.49. The van der Waals surface area contributed by atoms with E-state index in [0.29, 0.717) is 27.8 Å². The van der Waals surface area contributed by atoms with Gasteiger partial charge in [0.05, 0.1) is 22.0 Å². The maximum Gasteiger partial charge on any atom is 0.349 e. The Labute approximate surface area is 188 Å². The molecule has 0 aliphatic carbocycles. The predicted octanol–water partition coefficient (Wildman–Crippen LogP) is 3.82. The molecule has 0 saturated heterocycles. The molecule has 4 rings (SSSR count). The molecule has 10 heteroatoms. The van der Waals surface area contributed by atoms with E-state index in [9.17, 15) is 19.7 Å². The van der Waals surface area contributed by atoms with E-state index in [2.05, 4.69) is 26.0 Å². The number of benzene rings is 3. The van der Waals surface area contributed by atoms with Crippen LogP contribution in [0.1, 0.15) is 11.1 Å². The zero-order valence-corrected chi connectivity index (χ0v) is 18.0. The van der Waals surface area contributed by atoms with Gasteiger partial charge in [-0.3, -0.25) is 14.9 Å². The van der Waals surface area contributed by atoms with E-state index in [1.54, 1.807) is 54.6 Å². The minimum atomic E-state index is -0.668. The summed E-state index contributed by atoms with van der Waals surface area (Å²) < 4.78 is 7.31. The standard InChI is InChI=1S/C22H15BrN4O5/c23-16-8-9-20(32-13-14-4-3-5-17(10-14)27(30)31)15(11-16)12-24-26-21(28)18-6-1-2-7-19(18)25-22(26)29/h1-12H,13H2,(H,25,29). The van der Waals surface area contributed by atoms with Crippen LogP contribution in [0.5, 0.6) is 5.75 Å². The van der Waals surface area contributed by atoms with Gasteiger partial charge in [0.1, 0.15) is 12.4 Å².